The summed E-state index contributed by atoms with van der Waals surface area (Å²) < 4.78 is 40.7. The number of likely N-dealkylation sites (tertiary alicyclic amines) is 1. The van der Waals surface area contributed by atoms with Crippen LogP contribution < -0.4 is 10.5 Å². The van der Waals surface area contributed by atoms with Gasteiger partial charge in [-0.1, -0.05) is 6.07 Å². The minimum Gasteiger partial charge on any atom is -0.405 e. The van der Waals surface area contributed by atoms with Gasteiger partial charge in [0.2, 0.25) is 0 Å². The lowest BCUT2D eigenvalue weighted by molar-refractivity contribution is -0.274. The second kappa shape index (κ2) is 7.67. The lowest BCUT2D eigenvalue weighted by atomic mass is 10.1. The third-order valence-corrected chi connectivity index (χ3v) is 3.79. The molecule has 8 heteroatoms. The van der Waals surface area contributed by atoms with E-state index in [-0.39, 0.29) is 24.2 Å². The summed E-state index contributed by atoms with van der Waals surface area (Å²) in [6, 6.07) is 4.81. The second-order valence-electron chi connectivity index (χ2n) is 4.95. The van der Waals surface area contributed by atoms with Crippen molar-refractivity contribution in [2.75, 3.05) is 13.1 Å². The summed E-state index contributed by atoms with van der Waals surface area (Å²) in [5, 5.41) is 0. The predicted octanol–water partition coefficient (Wildman–Crippen LogP) is 3.69. The van der Waals surface area contributed by atoms with Gasteiger partial charge in [-0.2, -0.15) is 0 Å². The van der Waals surface area contributed by atoms with Crippen LogP contribution in [0, 0.1) is 0 Å². The van der Waals surface area contributed by atoms with Crippen LogP contribution in [0.4, 0.5) is 13.2 Å². The van der Waals surface area contributed by atoms with Gasteiger partial charge in [0.05, 0.1) is 4.47 Å². The number of hydrogen-bond donors (Lipinski definition) is 1. The van der Waals surface area contributed by atoms with Crippen LogP contribution in [0.25, 0.3) is 0 Å². The molecular weight excluding hydrogens is 373 g/mol. The fraction of sp³-hybridized carbons (Fsp3) is 0.538. The summed E-state index contributed by atoms with van der Waals surface area (Å²) in [6.45, 7) is 2.46. The Kier molecular flexibility index (Phi) is 6.77. The highest BCUT2D eigenvalue weighted by molar-refractivity contribution is 9.10. The molecule has 3 nitrogen and oxygen atoms in total. The van der Waals surface area contributed by atoms with Crippen molar-refractivity contribution < 1.29 is 17.9 Å². The van der Waals surface area contributed by atoms with E-state index < -0.39 is 6.36 Å². The molecule has 1 aromatic carbocycles. The van der Waals surface area contributed by atoms with Crippen molar-refractivity contribution in [3.63, 3.8) is 0 Å². The molecule has 1 aliphatic heterocycles. The highest BCUT2D eigenvalue weighted by Crippen LogP contribution is 2.31. The highest BCUT2D eigenvalue weighted by Gasteiger charge is 2.32. The van der Waals surface area contributed by atoms with E-state index in [1.807, 2.05) is 0 Å². The molecule has 2 N–H and O–H groups in total. The summed E-state index contributed by atoms with van der Waals surface area (Å²) >= 11 is 3.11. The van der Waals surface area contributed by atoms with Gasteiger partial charge in [-0.25, -0.2) is 0 Å². The van der Waals surface area contributed by atoms with Crippen LogP contribution in [0.15, 0.2) is 22.7 Å². The molecular formula is C13H17BrClF3N2O. The highest BCUT2D eigenvalue weighted by atomic mass is 79.9. The summed E-state index contributed by atoms with van der Waals surface area (Å²) in [7, 11) is 0. The van der Waals surface area contributed by atoms with Crippen LogP contribution >= 0.6 is 28.3 Å². The quantitative estimate of drug-likeness (QED) is 0.857. The van der Waals surface area contributed by atoms with Gasteiger partial charge in [-0.3, -0.25) is 4.90 Å². The Bertz CT molecular complexity index is 473. The van der Waals surface area contributed by atoms with E-state index >= 15 is 0 Å². The maximum absolute atomic E-state index is 12.2. The van der Waals surface area contributed by atoms with Crippen LogP contribution in [0.2, 0.25) is 0 Å². The summed E-state index contributed by atoms with van der Waals surface area (Å²) in [4.78, 5) is 2.21. The largest absolute Gasteiger partial charge is 0.573 e. The number of piperidine rings is 1. The van der Waals surface area contributed by atoms with E-state index in [9.17, 15) is 13.2 Å². The Morgan fingerprint density at radius 2 is 2.10 bits per heavy atom. The van der Waals surface area contributed by atoms with Crippen molar-refractivity contribution in [2.24, 2.45) is 5.73 Å². The molecule has 2 rings (SSSR count). The molecule has 1 aromatic rings. The molecule has 0 aromatic heterocycles. The molecule has 0 spiro atoms. The molecule has 1 saturated heterocycles. The zero-order valence-corrected chi connectivity index (χ0v) is 13.6. The molecule has 21 heavy (non-hydrogen) atoms. The van der Waals surface area contributed by atoms with Crippen molar-refractivity contribution in [3.05, 3.63) is 28.2 Å². The molecule has 0 amide bonds. The van der Waals surface area contributed by atoms with Crippen LogP contribution in [0.5, 0.6) is 5.75 Å². The number of halogens is 5. The van der Waals surface area contributed by atoms with Crippen molar-refractivity contribution in [1.29, 1.82) is 0 Å². The topological polar surface area (TPSA) is 38.5 Å². The minimum atomic E-state index is -4.68. The second-order valence-corrected chi connectivity index (χ2v) is 5.80. The van der Waals surface area contributed by atoms with Crippen molar-refractivity contribution in [1.82, 2.24) is 4.90 Å². The number of hydrogen-bond acceptors (Lipinski definition) is 3. The Labute approximate surface area is 136 Å². The third-order valence-electron chi connectivity index (χ3n) is 3.17. The van der Waals surface area contributed by atoms with Crippen molar-refractivity contribution in [2.45, 2.75) is 31.8 Å². The van der Waals surface area contributed by atoms with Crippen LogP contribution in [-0.2, 0) is 6.54 Å². The van der Waals surface area contributed by atoms with Gasteiger partial charge in [0.15, 0.2) is 0 Å². The van der Waals surface area contributed by atoms with Gasteiger partial charge < -0.3 is 10.5 Å². The standard InChI is InChI=1S/C13H16BrF3N2O.ClH/c14-11-6-9(3-4-12(11)20-13(15,16)17)7-19-5-1-2-10(18)8-19;/h3-4,6,10H,1-2,5,7-8,18H2;1H/t10-;/m1./s1. The van der Waals surface area contributed by atoms with E-state index in [0.717, 1.165) is 31.5 Å². The molecule has 1 heterocycles. The van der Waals surface area contributed by atoms with Gasteiger partial charge >= 0.3 is 6.36 Å². The fourth-order valence-electron chi connectivity index (χ4n) is 2.34. The summed E-state index contributed by atoms with van der Waals surface area (Å²) in [5.41, 5.74) is 6.84. The molecule has 1 atom stereocenters. The van der Waals surface area contributed by atoms with Crippen LogP contribution in [0.3, 0.4) is 0 Å². The monoisotopic (exact) mass is 388 g/mol. The van der Waals surface area contributed by atoms with E-state index in [1.165, 1.54) is 6.07 Å². The van der Waals surface area contributed by atoms with Gasteiger partial charge in [0, 0.05) is 19.1 Å². The third kappa shape index (κ3) is 6.02. The Morgan fingerprint density at radius 3 is 2.67 bits per heavy atom. The van der Waals surface area contributed by atoms with Gasteiger partial charge in [-0.15, -0.1) is 25.6 Å². The maximum atomic E-state index is 12.2. The SMILES string of the molecule is Cl.N[C@@H]1CCCN(Cc2ccc(OC(F)(F)F)c(Br)c2)C1. The zero-order valence-electron chi connectivity index (χ0n) is 11.2. The first kappa shape index (κ1) is 18.5. The van der Waals surface area contributed by atoms with E-state index in [2.05, 4.69) is 25.6 Å². The van der Waals surface area contributed by atoms with E-state index in [0.29, 0.717) is 11.0 Å². The first-order chi connectivity index (χ1) is 9.33. The molecule has 1 fully saturated rings. The average Bonchev–Trinajstić information content (AvgIpc) is 2.31. The minimum absolute atomic E-state index is 0. The molecule has 0 unspecified atom stereocenters. The number of alkyl halides is 3. The first-order valence-corrected chi connectivity index (χ1v) is 7.15. The average molecular weight is 390 g/mol. The van der Waals surface area contributed by atoms with Crippen LogP contribution in [0.1, 0.15) is 18.4 Å². The van der Waals surface area contributed by atoms with Crippen molar-refractivity contribution >= 4 is 28.3 Å². The van der Waals surface area contributed by atoms with E-state index in [4.69, 9.17) is 5.73 Å². The molecule has 0 saturated carbocycles. The number of nitrogens with two attached hydrogens (primary N) is 1. The molecule has 0 bridgehead atoms. The lowest BCUT2D eigenvalue weighted by Gasteiger charge is -2.30. The molecule has 0 aliphatic carbocycles. The smallest absolute Gasteiger partial charge is 0.405 e. The van der Waals surface area contributed by atoms with Crippen molar-refractivity contribution in [3.8, 4) is 5.75 Å². The number of ether oxygens (including phenoxy) is 1. The zero-order chi connectivity index (χ0) is 14.8. The lowest BCUT2D eigenvalue weighted by Crippen LogP contribution is -2.42. The first-order valence-electron chi connectivity index (χ1n) is 6.35. The number of benzene rings is 1. The molecule has 1 aliphatic rings. The Hall–Kier alpha value is -0.500. The summed E-state index contributed by atoms with van der Waals surface area (Å²) in [5.74, 6) is -0.225. The summed E-state index contributed by atoms with van der Waals surface area (Å²) in [6.07, 6.45) is -2.60. The van der Waals surface area contributed by atoms with Gasteiger partial charge in [0.25, 0.3) is 0 Å². The van der Waals surface area contributed by atoms with Gasteiger partial charge in [-0.05, 0) is 53.0 Å². The predicted molar refractivity (Wildman–Crippen MR) is 80.6 cm³/mol. The fourth-order valence-corrected chi connectivity index (χ4v) is 2.85. The number of rotatable bonds is 3. The molecule has 120 valence electrons. The van der Waals surface area contributed by atoms with E-state index in [1.54, 1.807) is 12.1 Å². The molecule has 0 radical (unpaired) electrons. The van der Waals surface area contributed by atoms with Crippen LogP contribution in [-0.4, -0.2) is 30.4 Å². The maximum Gasteiger partial charge on any atom is 0.573 e. The van der Waals surface area contributed by atoms with Gasteiger partial charge in [0.1, 0.15) is 5.75 Å². The number of nitrogens with zero attached hydrogens (tertiary/aromatic N) is 1. The normalized spacial score (nSPS) is 20.0. The Morgan fingerprint density at radius 1 is 1.38 bits per heavy atom. The Balaban J connectivity index is 0.00000220.